The van der Waals surface area contributed by atoms with E-state index >= 15 is 0 Å². The third kappa shape index (κ3) is 3.01. The van der Waals surface area contributed by atoms with E-state index in [0.717, 1.165) is 18.8 Å². The summed E-state index contributed by atoms with van der Waals surface area (Å²) in [4.78, 5) is 0. The summed E-state index contributed by atoms with van der Waals surface area (Å²) in [6, 6.07) is 4.60. The molecule has 0 aliphatic carbocycles. The van der Waals surface area contributed by atoms with E-state index in [-0.39, 0.29) is 0 Å². The fourth-order valence-electron chi connectivity index (χ4n) is 2.11. The molecule has 1 aromatic rings. The van der Waals surface area contributed by atoms with Crippen LogP contribution in [0, 0.1) is 6.92 Å². The van der Waals surface area contributed by atoms with Gasteiger partial charge in [0.2, 0.25) is 0 Å². The molecule has 90 valence electrons. The van der Waals surface area contributed by atoms with Gasteiger partial charge in [-0.1, -0.05) is 39.3 Å². The monoisotopic (exact) mass is 220 g/mol. The van der Waals surface area contributed by atoms with Crippen molar-refractivity contribution in [2.45, 2.75) is 53.4 Å². The smallest absolute Gasteiger partial charge is 0.125 e. The maximum atomic E-state index is 5.59. The molecule has 0 spiro atoms. The fourth-order valence-corrected chi connectivity index (χ4v) is 2.11. The summed E-state index contributed by atoms with van der Waals surface area (Å²) >= 11 is 0. The number of hydrogen-bond acceptors (Lipinski definition) is 1. The van der Waals surface area contributed by atoms with Crippen LogP contribution in [-0.2, 0) is 12.8 Å². The molecule has 0 bridgehead atoms. The van der Waals surface area contributed by atoms with E-state index < -0.39 is 0 Å². The molecule has 2 rings (SSSR count). The number of aryl methyl sites for hydroxylation is 2. The standard InChI is InChI=1S/C13H18O.C2H6/c1-3-4-5-11-8-10(2)13-12(9-11)6-7-14-13;1-2/h8-9H,3-7H2,1-2H3;1-2H3. The van der Waals surface area contributed by atoms with Gasteiger partial charge in [-0.15, -0.1) is 0 Å². The first-order valence-electron chi connectivity index (χ1n) is 6.56. The molecule has 1 nitrogen and oxygen atoms in total. The van der Waals surface area contributed by atoms with Gasteiger partial charge in [-0.25, -0.2) is 0 Å². The van der Waals surface area contributed by atoms with Crippen LogP contribution < -0.4 is 4.74 Å². The topological polar surface area (TPSA) is 9.23 Å². The minimum atomic E-state index is 0.868. The Bertz CT molecular complexity index is 328. The van der Waals surface area contributed by atoms with Crippen molar-refractivity contribution in [3.05, 3.63) is 28.8 Å². The molecule has 0 N–H and O–H groups in total. The van der Waals surface area contributed by atoms with Crippen LogP contribution in [0.2, 0.25) is 0 Å². The second kappa shape index (κ2) is 6.57. The van der Waals surface area contributed by atoms with Gasteiger partial charge < -0.3 is 4.74 Å². The van der Waals surface area contributed by atoms with E-state index in [1.807, 2.05) is 13.8 Å². The molecule has 0 atom stereocenters. The molecule has 0 radical (unpaired) electrons. The molecular weight excluding hydrogens is 196 g/mol. The van der Waals surface area contributed by atoms with Gasteiger partial charge in [-0.05, 0) is 36.5 Å². The Labute approximate surface area is 99.8 Å². The zero-order valence-corrected chi connectivity index (χ0v) is 11.1. The SMILES string of the molecule is CC.CCCCc1cc(C)c2c(c1)CCO2. The normalized spacial score (nSPS) is 12.5. The average Bonchev–Trinajstić information content (AvgIpc) is 2.78. The van der Waals surface area contributed by atoms with Crippen molar-refractivity contribution in [3.63, 3.8) is 0 Å². The van der Waals surface area contributed by atoms with Crippen LogP contribution >= 0.6 is 0 Å². The minimum Gasteiger partial charge on any atom is -0.493 e. The Morgan fingerprint density at radius 3 is 2.69 bits per heavy atom. The van der Waals surface area contributed by atoms with E-state index in [9.17, 15) is 0 Å². The van der Waals surface area contributed by atoms with E-state index in [2.05, 4.69) is 26.0 Å². The van der Waals surface area contributed by atoms with E-state index in [1.54, 1.807) is 0 Å². The fraction of sp³-hybridized carbons (Fsp3) is 0.600. The summed E-state index contributed by atoms with van der Waals surface area (Å²) in [6.45, 7) is 9.26. The Kier molecular flexibility index (Phi) is 5.37. The summed E-state index contributed by atoms with van der Waals surface area (Å²) in [6.07, 6.45) is 4.87. The highest BCUT2D eigenvalue weighted by Crippen LogP contribution is 2.30. The first-order valence-corrected chi connectivity index (χ1v) is 6.56. The molecule has 16 heavy (non-hydrogen) atoms. The van der Waals surface area contributed by atoms with Gasteiger partial charge in [0.25, 0.3) is 0 Å². The first kappa shape index (κ1) is 13.1. The number of benzene rings is 1. The van der Waals surface area contributed by atoms with Crippen LogP contribution in [0.1, 0.15) is 50.3 Å². The zero-order valence-electron chi connectivity index (χ0n) is 11.1. The van der Waals surface area contributed by atoms with Crippen LogP contribution in [0.5, 0.6) is 5.75 Å². The molecule has 0 amide bonds. The predicted molar refractivity (Wildman–Crippen MR) is 70.3 cm³/mol. The second-order valence-corrected chi connectivity index (χ2v) is 4.10. The molecule has 0 unspecified atom stereocenters. The van der Waals surface area contributed by atoms with Crippen LogP contribution in [0.4, 0.5) is 0 Å². The van der Waals surface area contributed by atoms with E-state index in [1.165, 1.54) is 36.0 Å². The lowest BCUT2D eigenvalue weighted by Crippen LogP contribution is -1.90. The molecule has 0 aromatic heterocycles. The van der Waals surface area contributed by atoms with Crippen molar-refractivity contribution < 1.29 is 4.74 Å². The third-order valence-electron chi connectivity index (χ3n) is 2.85. The Morgan fingerprint density at radius 1 is 1.25 bits per heavy atom. The maximum absolute atomic E-state index is 5.59. The van der Waals surface area contributed by atoms with Crippen LogP contribution in [0.25, 0.3) is 0 Å². The number of hydrogen-bond donors (Lipinski definition) is 0. The summed E-state index contributed by atoms with van der Waals surface area (Å²) < 4.78 is 5.59. The number of unbranched alkanes of at least 4 members (excludes halogenated alkanes) is 1. The third-order valence-corrected chi connectivity index (χ3v) is 2.85. The zero-order chi connectivity index (χ0) is 12.0. The van der Waals surface area contributed by atoms with Gasteiger partial charge in [-0.2, -0.15) is 0 Å². The summed E-state index contributed by atoms with van der Waals surface area (Å²) in [5, 5.41) is 0. The van der Waals surface area contributed by atoms with Crippen LogP contribution in [-0.4, -0.2) is 6.61 Å². The average molecular weight is 220 g/mol. The molecule has 1 aliphatic heterocycles. The van der Waals surface area contributed by atoms with Crippen molar-refractivity contribution >= 4 is 0 Å². The molecule has 1 heterocycles. The van der Waals surface area contributed by atoms with Crippen molar-refractivity contribution in [2.75, 3.05) is 6.61 Å². The molecule has 1 heteroatoms. The highest BCUT2D eigenvalue weighted by Gasteiger charge is 2.14. The maximum Gasteiger partial charge on any atom is 0.125 e. The van der Waals surface area contributed by atoms with Gasteiger partial charge in [0.05, 0.1) is 6.61 Å². The minimum absolute atomic E-state index is 0.868. The lowest BCUT2D eigenvalue weighted by molar-refractivity contribution is 0.354. The quantitative estimate of drug-likeness (QED) is 0.738. The van der Waals surface area contributed by atoms with Gasteiger partial charge in [0, 0.05) is 6.42 Å². The highest BCUT2D eigenvalue weighted by molar-refractivity contribution is 5.46. The number of rotatable bonds is 3. The largest absolute Gasteiger partial charge is 0.493 e. The second-order valence-electron chi connectivity index (χ2n) is 4.10. The highest BCUT2D eigenvalue weighted by atomic mass is 16.5. The first-order chi connectivity index (χ1) is 7.81. The summed E-state index contributed by atoms with van der Waals surface area (Å²) in [5.41, 5.74) is 4.20. The lowest BCUT2D eigenvalue weighted by atomic mass is 10.0. The van der Waals surface area contributed by atoms with Crippen molar-refractivity contribution in [2.24, 2.45) is 0 Å². The molecule has 1 aromatic carbocycles. The van der Waals surface area contributed by atoms with Gasteiger partial charge in [-0.3, -0.25) is 0 Å². The van der Waals surface area contributed by atoms with E-state index in [0.29, 0.717) is 0 Å². The Hall–Kier alpha value is -0.980. The van der Waals surface area contributed by atoms with Gasteiger partial charge in [0.15, 0.2) is 0 Å². The number of fused-ring (bicyclic) bond motifs is 1. The molecule has 0 saturated carbocycles. The van der Waals surface area contributed by atoms with Crippen LogP contribution in [0.3, 0.4) is 0 Å². The van der Waals surface area contributed by atoms with Crippen molar-refractivity contribution in [1.82, 2.24) is 0 Å². The predicted octanol–water partition coefficient (Wildman–Crippen LogP) is 4.30. The Balaban J connectivity index is 0.000000606. The number of ether oxygens (including phenoxy) is 1. The molecule has 0 fully saturated rings. The molecular formula is C15H24O. The van der Waals surface area contributed by atoms with Gasteiger partial charge >= 0.3 is 0 Å². The van der Waals surface area contributed by atoms with E-state index in [4.69, 9.17) is 4.74 Å². The Morgan fingerprint density at radius 2 is 2.00 bits per heavy atom. The lowest BCUT2D eigenvalue weighted by Gasteiger charge is -2.07. The van der Waals surface area contributed by atoms with Crippen molar-refractivity contribution in [1.29, 1.82) is 0 Å². The summed E-state index contributed by atoms with van der Waals surface area (Å²) in [7, 11) is 0. The summed E-state index contributed by atoms with van der Waals surface area (Å²) in [5.74, 6) is 1.14. The van der Waals surface area contributed by atoms with Crippen LogP contribution in [0.15, 0.2) is 12.1 Å². The van der Waals surface area contributed by atoms with Gasteiger partial charge in [0.1, 0.15) is 5.75 Å². The molecule has 1 aliphatic rings. The molecule has 0 saturated heterocycles. The van der Waals surface area contributed by atoms with Crippen molar-refractivity contribution in [3.8, 4) is 5.75 Å².